The molecule has 0 unspecified atom stereocenters. The number of amides is 2. The van der Waals surface area contributed by atoms with E-state index in [1.165, 1.54) is 5.56 Å². The van der Waals surface area contributed by atoms with E-state index in [2.05, 4.69) is 21.6 Å². The van der Waals surface area contributed by atoms with E-state index in [4.69, 9.17) is 0 Å². The molecular weight excluding hydrogens is 364 g/mol. The minimum atomic E-state index is -0.148. The maximum absolute atomic E-state index is 12.4. The van der Waals surface area contributed by atoms with Crippen molar-refractivity contribution in [2.24, 2.45) is 0 Å². The zero-order chi connectivity index (χ0) is 20.2. The van der Waals surface area contributed by atoms with Gasteiger partial charge in [0.2, 0.25) is 5.91 Å². The van der Waals surface area contributed by atoms with E-state index >= 15 is 0 Å². The maximum Gasteiger partial charge on any atom is 0.251 e. The molecule has 146 valence electrons. The van der Waals surface area contributed by atoms with Crippen LogP contribution in [0.5, 0.6) is 0 Å². The van der Waals surface area contributed by atoms with Crippen molar-refractivity contribution in [2.75, 3.05) is 11.4 Å². The predicted octanol–water partition coefficient (Wildman–Crippen LogP) is 3.37. The van der Waals surface area contributed by atoms with Gasteiger partial charge in [0.05, 0.1) is 12.2 Å². The molecule has 2 heterocycles. The number of nitrogens with one attached hydrogen (secondary N) is 1. The maximum atomic E-state index is 12.4. The van der Waals surface area contributed by atoms with Crippen LogP contribution in [0.25, 0.3) is 11.1 Å². The Morgan fingerprint density at radius 3 is 2.59 bits per heavy atom. The number of aromatic nitrogens is 2. The zero-order valence-corrected chi connectivity index (χ0v) is 16.3. The fraction of sp³-hybridized carbons (Fsp3) is 0.217. The van der Waals surface area contributed by atoms with Gasteiger partial charge in [0.15, 0.2) is 0 Å². The average Bonchev–Trinajstić information content (AvgIpc) is 3.21. The van der Waals surface area contributed by atoms with Crippen molar-refractivity contribution >= 4 is 17.5 Å². The summed E-state index contributed by atoms with van der Waals surface area (Å²) in [7, 11) is 0. The number of rotatable bonds is 5. The topological polar surface area (TPSA) is 75.2 Å². The second-order valence-corrected chi connectivity index (χ2v) is 6.97. The van der Waals surface area contributed by atoms with Crippen LogP contribution in [0.4, 0.5) is 5.69 Å². The molecule has 1 aliphatic heterocycles. The van der Waals surface area contributed by atoms with Crippen molar-refractivity contribution in [1.82, 2.24) is 15.5 Å². The molecule has 0 fully saturated rings. The number of fused-ring (bicyclic) bond motifs is 1. The van der Waals surface area contributed by atoms with E-state index in [-0.39, 0.29) is 11.8 Å². The van der Waals surface area contributed by atoms with Crippen molar-refractivity contribution in [3.63, 3.8) is 0 Å². The van der Waals surface area contributed by atoms with Gasteiger partial charge in [-0.2, -0.15) is 10.2 Å². The Hall–Kier alpha value is -3.54. The fourth-order valence-corrected chi connectivity index (χ4v) is 3.55. The minimum Gasteiger partial charge on any atom is -0.346 e. The monoisotopic (exact) mass is 386 g/mol. The Morgan fingerprint density at radius 1 is 1.07 bits per heavy atom. The molecule has 0 bridgehead atoms. The molecule has 0 radical (unpaired) electrons. The smallest absolute Gasteiger partial charge is 0.251 e. The molecule has 0 saturated carbocycles. The van der Waals surface area contributed by atoms with Gasteiger partial charge in [0.25, 0.3) is 5.91 Å². The summed E-state index contributed by atoms with van der Waals surface area (Å²) in [5, 5.41) is 10.6. The van der Waals surface area contributed by atoms with E-state index in [1.54, 1.807) is 12.3 Å². The lowest BCUT2D eigenvalue weighted by Gasteiger charge is -2.16. The molecule has 1 aromatic heterocycles. The molecule has 1 aliphatic rings. The third kappa shape index (κ3) is 4.01. The Morgan fingerprint density at radius 2 is 1.86 bits per heavy atom. The Labute approximate surface area is 169 Å². The van der Waals surface area contributed by atoms with Gasteiger partial charge in [0, 0.05) is 30.4 Å². The summed E-state index contributed by atoms with van der Waals surface area (Å²) >= 11 is 0. The normalized spacial score (nSPS) is 12.5. The molecule has 29 heavy (non-hydrogen) atoms. The third-order valence-electron chi connectivity index (χ3n) is 5.12. The average molecular weight is 386 g/mol. The van der Waals surface area contributed by atoms with Crippen molar-refractivity contribution in [3.8, 4) is 11.1 Å². The molecule has 0 atom stereocenters. The van der Waals surface area contributed by atoms with Crippen LogP contribution in [0.2, 0.25) is 0 Å². The van der Waals surface area contributed by atoms with Gasteiger partial charge >= 0.3 is 0 Å². The van der Waals surface area contributed by atoms with Gasteiger partial charge < -0.3 is 10.2 Å². The number of benzene rings is 2. The molecule has 1 N–H and O–H groups in total. The highest BCUT2D eigenvalue weighted by atomic mass is 16.2. The summed E-state index contributed by atoms with van der Waals surface area (Å²) in [6.07, 6.45) is 2.99. The second-order valence-electron chi connectivity index (χ2n) is 6.97. The van der Waals surface area contributed by atoms with Crippen LogP contribution in [0.3, 0.4) is 0 Å². The Balaban J connectivity index is 1.45. The predicted molar refractivity (Wildman–Crippen MR) is 111 cm³/mol. The second kappa shape index (κ2) is 8.22. The van der Waals surface area contributed by atoms with Crippen molar-refractivity contribution in [3.05, 3.63) is 77.6 Å². The lowest BCUT2D eigenvalue weighted by Crippen LogP contribution is -2.27. The van der Waals surface area contributed by atoms with Crippen LogP contribution < -0.4 is 10.2 Å². The molecule has 2 aromatic carbocycles. The van der Waals surface area contributed by atoms with Gasteiger partial charge in [-0.1, -0.05) is 25.1 Å². The molecule has 4 rings (SSSR count). The van der Waals surface area contributed by atoms with Crippen molar-refractivity contribution in [1.29, 1.82) is 0 Å². The number of hydrogen-bond acceptors (Lipinski definition) is 4. The quantitative estimate of drug-likeness (QED) is 0.729. The van der Waals surface area contributed by atoms with Crippen LogP contribution in [0.15, 0.2) is 60.8 Å². The van der Waals surface area contributed by atoms with Gasteiger partial charge in [-0.15, -0.1) is 0 Å². The van der Waals surface area contributed by atoms with Crippen LogP contribution >= 0.6 is 0 Å². The van der Waals surface area contributed by atoms with Crippen molar-refractivity contribution in [2.45, 2.75) is 26.3 Å². The first kappa shape index (κ1) is 18.8. The largest absolute Gasteiger partial charge is 0.346 e. The SMILES string of the molecule is CCC(=O)N1CCc2cc(-c3ccc(C(=O)NCc4cccnn4)cc3)ccc21. The summed E-state index contributed by atoms with van der Waals surface area (Å²) in [5.74, 6) is 0.0122. The van der Waals surface area contributed by atoms with E-state index in [0.717, 1.165) is 29.8 Å². The molecule has 0 spiro atoms. The molecule has 2 amide bonds. The van der Waals surface area contributed by atoms with Crippen LogP contribution in [0.1, 0.15) is 35.0 Å². The number of carbonyl (C=O) groups excluding carboxylic acids is 2. The van der Waals surface area contributed by atoms with Crippen LogP contribution in [0, 0.1) is 0 Å². The Kier molecular flexibility index (Phi) is 5.33. The number of hydrogen-bond donors (Lipinski definition) is 1. The fourth-order valence-electron chi connectivity index (χ4n) is 3.55. The van der Waals surface area contributed by atoms with E-state index in [9.17, 15) is 9.59 Å². The standard InChI is InChI=1S/C23H22N4O2/c1-2-22(28)27-13-11-19-14-18(9-10-21(19)27)16-5-7-17(8-6-16)23(29)24-15-20-4-3-12-25-26-20/h3-10,12,14H,2,11,13,15H2,1H3,(H,24,29). The summed E-state index contributed by atoms with van der Waals surface area (Å²) in [4.78, 5) is 26.3. The highest BCUT2D eigenvalue weighted by molar-refractivity contribution is 5.96. The number of nitrogens with zero attached hydrogens (tertiary/aromatic N) is 3. The summed E-state index contributed by atoms with van der Waals surface area (Å²) in [6.45, 7) is 2.97. The van der Waals surface area contributed by atoms with Crippen LogP contribution in [-0.4, -0.2) is 28.6 Å². The zero-order valence-electron chi connectivity index (χ0n) is 16.3. The molecule has 0 saturated heterocycles. The van der Waals surface area contributed by atoms with Crippen molar-refractivity contribution < 1.29 is 9.59 Å². The molecule has 6 nitrogen and oxygen atoms in total. The number of carbonyl (C=O) groups is 2. The molecule has 6 heteroatoms. The lowest BCUT2D eigenvalue weighted by molar-refractivity contribution is -0.118. The van der Waals surface area contributed by atoms with Gasteiger partial charge in [-0.25, -0.2) is 0 Å². The first-order valence-corrected chi connectivity index (χ1v) is 9.74. The minimum absolute atomic E-state index is 0.148. The Bertz CT molecular complexity index is 1030. The summed E-state index contributed by atoms with van der Waals surface area (Å²) in [6, 6.07) is 17.3. The summed E-state index contributed by atoms with van der Waals surface area (Å²) < 4.78 is 0. The molecule has 3 aromatic rings. The summed E-state index contributed by atoms with van der Waals surface area (Å²) in [5.41, 5.74) is 5.64. The van der Waals surface area contributed by atoms with Gasteiger partial charge in [-0.05, 0) is 59.5 Å². The van der Waals surface area contributed by atoms with E-state index < -0.39 is 0 Å². The highest BCUT2D eigenvalue weighted by Crippen LogP contribution is 2.32. The van der Waals surface area contributed by atoms with Gasteiger partial charge in [0.1, 0.15) is 0 Å². The molecule has 0 aliphatic carbocycles. The van der Waals surface area contributed by atoms with Gasteiger partial charge in [-0.3, -0.25) is 9.59 Å². The number of anilines is 1. The highest BCUT2D eigenvalue weighted by Gasteiger charge is 2.23. The molecular formula is C23H22N4O2. The van der Waals surface area contributed by atoms with E-state index in [1.807, 2.05) is 54.3 Å². The first-order valence-electron chi connectivity index (χ1n) is 9.74. The first-order chi connectivity index (χ1) is 14.2. The lowest BCUT2D eigenvalue weighted by atomic mass is 10.0. The third-order valence-corrected chi connectivity index (χ3v) is 5.12. The van der Waals surface area contributed by atoms with Crippen LogP contribution in [-0.2, 0) is 17.8 Å². The van der Waals surface area contributed by atoms with E-state index in [0.29, 0.717) is 24.2 Å².